The van der Waals surface area contributed by atoms with Crippen LogP contribution in [0.4, 0.5) is 4.39 Å². The summed E-state index contributed by atoms with van der Waals surface area (Å²) in [5.74, 6) is -1.30. The second kappa shape index (κ2) is 6.31. The number of benzene rings is 1. The first kappa shape index (κ1) is 14.9. The van der Waals surface area contributed by atoms with Crippen molar-refractivity contribution in [3.05, 3.63) is 45.1 Å². The Labute approximate surface area is 123 Å². The molecule has 0 spiro atoms. The Kier molecular flexibility index (Phi) is 4.49. The SMILES string of the molecule is CCOC(=O)/C=C/c1cc(-n2nn[nH]c2=O)c(F)cc1Cl. The fourth-order valence-corrected chi connectivity index (χ4v) is 1.76. The van der Waals surface area contributed by atoms with Gasteiger partial charge in [0.15, 0.2) is 5.82 Å². The highest BCUT2D eigenvalue weighted by Crippen LogP contribution is 2.23. The smallest absolute Gasteiger partial charge is 0.365 e. The van der Waals surface area contributed by atoms with Crippen molar-refractivity contribution in [2.24, 2.45) is 0 Å². The molecule has 2 rings (SSSR count). The Hall–Kier alpha value is -2.48. The van der Waals surface area contributed by atoms with E-state index >= 15 is 0 Å². The molecular weight excluding hydrogens is 303 g/mol. The Morgan fingerprint density at radius 2 is 2.33 bits per heavy atom. The molecule has 9 heteroatoms. The zero-order valence-electron chi connectivity index (χ0n) is 10.8. The number of carbonyl (C=O) groups excluding carboxylic acids is 1. The molecule has 0 aliphatic carbocycles. The first-order valence-electron chi connectivity index (χ1n) is 5.87. The van der Waals surface area contributed by atoms with Gasteiger partial charge in [-0.3, -0.25) is 0 Å². The summed E-state index contributed by atoms with van der Waals surface area (Å²) in [7, 11) is 0. The molecule has 0 saturated heterocycles. The van der Waals surface area contributed by atoms with Gasteiger partial charge in [0, 0.05) is 6.08 Å². The van der Waals surface area contributed by atoms with Crippen LogP contribution in [0.5, 0.6) is 0 Å². The van der Waals surface area contributed by atoms with E-state index in [4.69, 9.17) is 16.3 Å². The molecule has 0 aliphatic rings. The number of esters is 1. The van der Waals surface area contributed by atoms with Crippen molar-refractivity contribution in [1.82, 2.24) is 20.2 Å². The van der Waals surface area contributed by atoms with Crippen molar-refractivity contribution >= 4 is 23.6 Å². The van der Waals surface area contributed by atoms with E-state index in [1.54, 1.807) is 6.92 Å². The minimum Gasteiger partial charge on any atom is -0.463 e. The van der Waals surface area contributed by atoms with Crippen LogP contribution in [0.1, 0.15) is 12.5 Å². The Morgan fingerprint density at radius 1 is 1.57 bits per heavy atom. The quantitative estimate of drug-likeness (QED) is 0.679. The molecule has 0 aliphatic heterocycles. The molecule has 0 radical (unpaired) electrons. The standard InChI is InChI=1S/C12H10ClFN4O3/c1-2-21-11(19)4-3-7-5-10(9(14)6-8(7)13)18-12(20)15-16-17-18/h3-6H,2H2,1H3,(H,15,17,20)/b4-3+. The van der Waals surface area contributed by atoms with E-state index in [-0.39, 0.29) is 17.3 Å². The van der Waals surface area contributed by atoms with E-state index in [1.807, 2.05) is 5.10 Å². The minimum atomic E-state index is -0.746. The van der Waals surface area contributed by atoms with Gasteiger partial charge in [-0.1, -0.05) is 11.6 Å². The molecular formula is C12H10ClFN4O3. The Balaban J connectivity index is 2.42. The number of H-pyrrole nitrogens is 1. The number of carbonyl (C=O) groups is 1. The van der Waals surface area contributed by atoms with Gasteiger partial charge < -0.3 is 4.74 Å². The summed E-state index contributed by atoms with van der Waals surface area (Å²) in [6.07, 6.45) is 2.51. The molecule has 7 nitrogen and oxygen atoms in total. The maximum absolute atomic E-state index is 13.9. The largest absolute Gasteiger partial charge is 0.463 e. The van der Waals surface area contributed by atoms with Gasteiger partial charge in [-0.15, -0.1) is 0 Å². The summed E-state index contributed by atoms with van der Waals surface area (Å²) in [5, 5.41) is 8.84. The van der Waals surface area contributed by atoms with E-state index in [2.05, 4.69) is 10.4 Å². The number of hydrogen-bond donors (Lipinski definition) is 1. The third-order valence-electron chi connectivity index (χ3n) is 2.45. The number of rotatable bonds is 4. The number of ether oxygens (including phenoxy) is 1. The van der Waals surface area contributed by atoms with Crippen LogP contribution in [0.25, 0.3) is 11.8 Å². The highest BCUT2D eigenvalue weighted by molar-refractivity contribution is 6.32. The third-order valence-corrected chi connectivity index (χ3v) is 2.78. The van der Waals surface area contributed by atoms with Crippen LogP contribution in [0.2, 0.25) is 5.02 Å². The summed E-state index contributed by atoms with van der Waals surface area (Å²) in [4.78, 5) is 22.7. The van der Waals surface area contributed by atoms with Crippen LogP contribution in [-0.2, 0) is 9.53 Å². The molecule has 1 aromatic carbocycles. The van der Waals surface area contributed by atoms with E-state index in [1.165, 1.54) is 12.1 Å². The van der Waals surface area contributed by atoms with Crippen LogP contribution in [0, 0.1) is 5.82 Å². The van der Waals surface area contributed by atoms with Gasteiger partial charge in [0.2, 0.25) is 0 Å². The number of nitrogens with zero attached hydrogens (tertiary/aromatic N) is 3. The molecule has 0 fully saturated rings. The minimum absolute atomic E-state index is 0.0772. The van der Waals surface area contributed by atoms with Crippen LogP contribution in [0.3, 0.4) is 0 Å². The summed E-state index contributed by atoms with van der Waals surface area (Å²) < 4.78 is 19.3. The summed E-state index contributed by atoms with van der Waals surface area (Å²) in [6.45, 7) is 1.91. The zero-order chi connectivity index (χ0) is 15.4. The third kappa shape index (κ3) is 3.34. The number of halogens is 2. The zero-order valence-corrected chi connectivity index (χ0v) is 11.6. The lowest BCUT2D eigenvalue weighted by Crippen LogP contribution is -2.17. The highest BCUT2D eigenvalue weighted by atomic mass is 35.5. The number of tetrazole rings is 1. The lowest BCUT2D eigenvalue weighted by atomic mass is 10.1. The van der Waals surface area contributed by atoms with E-state index in [0.717, 1.165) is 16.8 Å². The lowest BCUT2D eigenvalue weighted by Gasteiger charge is -2.05. The number of nitrogens with one attached hydrogen (secondary N) is 1. The van der Waals surface area contributed by atoms with Crippen LogP contribution < -0.4 is 5.69 Å². The molecule has 0 amide bonds. The van der Waals surface area contributed by atoms with E-state index in [0.29, 0.717) is 5.56 Å². The van der Waals surface area contributed by atoms with Crippen LogP contribution in [-0.4, -0.2) is 32.8 Å². The molecule has 0 saturated carbocycles. The second-order valence-electron chi connectivity index (χ2n) is 3.83. The summed E-state index contributed by atoms with van der Waals surface area (Å²) >= 11 is 5.89. The topological polar surface area (TPSA) is 89.9 Å². The predicted molar refractivity (Wildman–Crippen MR) is 72.6 cm³/mol. The van der Waals surface area contributed by atoms with Gasteiger partial charge in [-0.05, 0) is 41.1 Å². The molecule has 0 unspecified atom stereocenters. The number of aromatic nitrogens is 4. The Bertz CT molecular complexity index is 753. The van der Waals surface area contributed by atoms with Crippen LogP contribution in [0.15, 0.2) is 23.0 Å². The average molecular weight is 313 g/mol. The fourth-order valence-electron chi connectivity index (χ4n) is 1.55. The maximum Gasteiger partial charge on any atom is 0.365 e. The van der Waals surface area contributed by atoms with Gasteiger partial charge in [-0.2, -0.15) is 4.68 Å². The normalized spacial score (nSPS) is 11.0. The molecule has 1 N–H and O–H groups in total. The number of hydrogen-bond acceptors (Lipinski definition) is 5. The van der Waals surface area contributed by atoms with Crippen molar-refractivity contribution < 1.29 is 13.9 Å². The first-order chi connectivity index (χ1) is 10.0. The van der Waals surface area contributed by atoms with Crippen molar-refractivity contribution in [2.75, 3.05) is 6.61 Å². The number of aromatic amines is 1. The molecule has 21 heavy (non-hydrogen) atoms. The molecule has 1 heterocycles. The summed E-state index contributed by atoms with van der Waals surface area (Å²) in [6, 6.07) is 2.29. The molecule has 1 aromatic heterocycles. The van der Waals surface area contributed by atoms with Gasteiger partial charge >= 0.3 is 11.7 Å². The van der Waals surface area contributed by atoms with E-state index in [9.17, 15) is 14.0 Å². The maximum atomic E-state index is 13.9. The monoisotopic (exact) mass is 312 g/mol. The Morgan fingerprint density at radius 3 is 2.95 bits per heavy atom. The first-order valence-corrected chi connectivity index (χ1v) is 6.25. The van der Waals surface area contributed by atoms with E-state index < -0.39 is 17.5 Å². The van der Waals surface area contributed by atoms with Crippen molar-refractivity contribution in [2.45, 2.75) is 6.92 Å². The molecule has 110 valence electrons. The van der Waals surface area contributed by atoms with Gasteiger partial charge in [0.05, 0.1) is 11.6 Å². The molecule has 0 bridgehead atoms. The van der Waals surface area contributed by atoms with Crippen molar-refractivity contribution in [3.63, 3.8) is 0 Å². The second-order valence-corrected chi connectivity index (χ2v) is 4.24. The molecule has 2 aromatic rings. The summed E-state index contributed by atoms with van der Waals surface area (Å²) in [5.41, 5.74) is -0.505. The fraction of sp³-hybridized carbons (Fsp3) is 0.167. The van der Waals surface area contributed by atoms with Gasteiger partial charge in [-0.25, -0.2) is 19.1 Å². The van der Waals surface area contributed by atoms with Gasteiger partial charge in [0.1, 0.15) is 5.69 Å². The van der Waals surface area contributed by atoms with Crippen molar-refractivity contribution in [1.29, 1.82) is 0 Å². The van der Waals surface area contributed by atoms with Gasteiger partial charge in [0.25, 0.3) is 0 Å². The average Bonchev–Trinajstić information content (AvgIpc) is 2.84. The molecule has 0 atom stereocenters. The highest BCUT2D eigenvalue weighted by Gasteiger charge is 2.12. The van der Waals surface area contributed by atoms with Crippen molar-refractivity contribution in [3.8, 4) is 5.69 Å². The predicted octanol–water partition coefficient (Wildman–Crippen LogP) is 1.32. The lowest BCUT2D eigenvalue weighted by molar-refractivity contribution is -0.137. The van der Waals surface area contributed by atoms with Crippen LogP contribution >= 0.6 is 11.6 Å².